The number of carbonyl (C=O) groups excluding carboxylic acids is 1. The Bertz CT molecular complexity index is 659. The number of amides is 2. The molecule has 0 fully saturated rings. The lowest BCUT2D eigenvalue weighted by atomic mass is 10.2. The highest BCUT2D eigenvalue weighted by Crippen LogP contribution is 2.16. The molecule has 0 heterocycles. The molecule has 0 aliphatic rings. The number of benzene rings is 2. The highest BCUT2D eigenvalue weighted by atomic mass is 16.6. The Morgan fingerprint density at radius 2 is 1.78 bits per heavy atom. The number of hydrogen-bond donors (Lipinski definition) is 2. The summed E-state index contributed by atoms with van der Waals surface area (Å²) in [7, 11) is 0. The topological polar surface area (TPSA) is 95.7 Å². The second kappa shape index (κ2) is 7.90. The number of non-ortho nitro benzene ring substituents is 1. The molecule has 0 aromatic heterocycles. The van der Waals surface area contributed by atoms with Crippen molar-refractivity contribution in [3.8, 4) is 0 Å². The Kier molecular flexibility index (Phi) is 5.65. The summed E-state index contributed by atoms with van der Waals surface area (Å²) in [4.78, 5) is 23.9. The van der Waals surface area contributed by atoms with E-state index in [9.17, 15) is 14.9 Å². The Hall–Kier alpha value is -2.93. The zero-order chi connectivity index (χ0) is 16.7. The van der Waals surface area contributed by atoms with Crippen molar-refractivity contribution >= 4 is 17.4 Å². The summed E-state index contributed by atoms with van der Waals surface area (Å²) in [5.74, 6) is 0. The van der Waals surface area contributed by atoms with Crippen LogP contribution in [0, 0.1) is 10.1 Å². The molecule has 7 nitrogen and oxygen atoms in total. The molecule has 0 unspecified atom stereocenters. The maximum absolute atomic E-state index is 12.3. The molecule has 0 saturated heterocycles. The summed E-state index contributed by atoms with van der Waals surface area (Å²) in [6.45, 7) is 0.397. The minimum atomic E-state index is -0.501. The standard InChI is InChI=1S/C16H17N3O4/c20-11-10-18(12-13-4-2-1-3-5-13)16(21)17-14-6-8-15(9-7-14)19(22)23/h1-9,20H,10-12H2,(H,17,21). The van der Waals surface area contributed by atoms with Gasteiger partial charge >= 0.3 is 6.03 Å². The first-order chi connectivity index (χ1) is 11.1. The molecule has 23 heavy (non-hydrogen) atoms. The zero-order valence-corrected chi connectivity index (χ0v) is 12.4. The number of rotatable bonds is 6. The number of urea groups is 1. The molecule has 7 heteroatoms. The van der Waals surface area contributed by atoms with Crippen LogP contribution in [0.4, 0.5) is 16.2 Å². The van der Waals surface area contributed by atoms with Crippen molar-refractivity contribution in [2.75, 3.05) is 18.5 Å². The first-order valence-corrected chi connectivity index (χ1v) is 7.05. The van der Waals surface area contributed by atoms with Crippen LogP contribution < -0.4 is 5.32 Å². The van der Waals surface area contributed by atoms with E-state index in [1.54, 1.807) is 0 Å². The van der Waals surface area contributed by atoms with Gasteiger partial charge in [-0.3, -0.25) is 10.1 Å². The van der Waals surface area contributed by atoms with Gasteiger partial charge in [0, 0.05) is 30.9 Å². The summed E-state index contributed by atoms with van der Waals surface area (Å²) >= 11 is 0. The lowest BCUT2D eigenvalue weighted by Crippen LogP contribution is -2.36. The van der Waals surface area contributed by atoms with Gasteiger partial charge in [-0.05, 0) is 17.7 Å². The van der Waals surface area contributed by atoms with E-state index in [1.807, 2.05) is 30.3 Å². The van der Waals surface area contributed by atoms with Crippen molar-refractivity contribution in [2.45, 2.75) is 6.54 Å². The minimum absolute atomic E-state index is 0.0421. The van der Waals surface area contributed by atoms with Crippen LogP contribution >= 0.6 is 0 Å². The predicted octanol–water partition coefficient (Wildman–Crippen LogP) is 2.62. The van der Waals surface area contributed by atoms with Crippen LogP contribution in [0.25, 0.3) is 0 Å². The van der Waals surface area contributed by atoms with Crippen molar-refractivity contribution in [2.24, 2.45) is 0 Å². The molecule has 120 valence electrons. The number of nitro groups is 1. The second-order valence-electron chi connectivity index (χ2n) is 4.86. The fourth-order valence-electron chi connectivity index (χ4n) is 2.05. The van der Waals surface area contributed by atoms with Gasteiger partial charge in [-0.2, -0.15) is 0 Å². The Labute approximate surface area is 133 Å². The average molecular weight is 315 g/mol. The van der Waals surface area contributed by atoms with Crippen molar-refractivity contribution in [1.29, 1.82) is 0 Å². The summed E-state index contributed by atoms with van der Waals surface area (Å²) in [6, 6.07) is 14.6. The van der Waals surface area contributed by atoms with Gasteiger partial charge in [-0.15, -0.1) is 0 Å². The van der Waals surface area contributed by atoms with Gasteiger partial charge in [-0.1, -0.05) is 30.3 Å². The summed E-state index contributed by atoms with van der Waals surface area (Å²) in [5, 5.41) is 22.4. The highest BCUT2D eigenvalue weighted by molar-refractivity contribution is 5.89. The Balaban J connectivity index is 2.04. The first kappa shape index (κ1) is 16.4. The van der Waals surface area contributed by atoms with Gasteiger partial charge in [0.1, 0.15) is 0 Å². The van der Waals surface area contributed by atoms with Crippen LogP contribution in [-0.4, -0.2) is 34.1 Å². The molecule has 2 aromatic rings. The molecule has 2 N–H and O–H groups in total. The average Bonchev–Trinajstić information content (AvgIpc) is 2.56. The van der Waals surface area contributed by atoms with Crippen LogP contribution in [0.15, 0.2) is 54.6 Å². The molecule has 0 aliphatic heterocycles. The van der Waals surface area contributed by atoms with E-state index in [0.717, 1.165) is 5.56 Å². The summed E-state index contributed by atoms with van der Waals surface area (Å²) in [5.41, 5.74) is 1.36. The van der Waals surface area contributed by atoms with Crippen LogP contribution in [0.5, 0.6) is 0 Å². The SMILES string of the molecule is O=C(Nc1ccc([N+](=O)[O-])cc1)N(CCO)Cc1ccccc1. The first-order valence-electron chi connectivity index (χ1n) is 7.05. The van der Waals surface area contributed by atoms with Gasteiger partial charge < -0.3 is 15.3 Å². The van der Waals surface area contributed by atoms with Crippen LogP contribution in [0.1, 0.15) is 5.56 Å². The van der Waals surface area contributed by atoms with E-state index in [2.05, 4.69) is 5.32 Å². The Morgan fingerprint density at radius 1 is 1.13 bits per heavy atom. The number of nitrogens with zero attached hydrogens (tertiary/aromatic N) is 2. The third-order valence-corrected chi connectivity index (χ3v) is 3.20. The third-order valence-electron chi connectivity index (χ3n) is 3.20. The number of aliphatic hydroxyl groups is 1. The normalized spacial score (nSPS) is 10.1. The van der Waals surface area contributed by atoms with E-state index in [4.69, 9.17) is 5.11 Å². The van der Waals surface area contributed by atoms with E-state index in [0.29, 0.717) is 12.2 Å². The maximum Gasteiger partial charge on any atom is 0.322 e. The van der Waals surface area contributed by atoms with Gasteiger partial charge in [0.05, 0.1) is 11.5 Å². The second-order valence-corrected chi connectivity index (χ2v) is 4.86. The van der Waals surface area contributed by atoms with Crippen LogP contribution in [-0.2, 0) is 6.54 Å². The lowest BCUT2D eigenvalue weighted by molar-refractivity contribution is -0.384. The number of nitro benzene ring substituents is 1. The van der Waals surface area contributed by atoms with E-state index in [1.165, 1.54) is 29.2 Å². The van der Waals surface area contributed by atoms with Gasteiger partial charge in [-0.25, -0.2) is 4.79 Å². The van der Waals surface area contributed by atoms with Gasteiger partial charge in [0.2, 0.25) is 0 Å². The number of nitrogens with one attached hydrogen (secondary N) is 1. The molecule has 2 aromatic carbocycles. The number of hydrogen-bond acceptors (Lipinski definition) is 4. The molecule has 0 radical (unpaired) electrons. The van der Waals surface area contributed by atoms with Crippen LogP contribution in [0.2, 0.25) is 0 Å². The third kappa shape index (κ3) is 4.79. The lowest BCUT2D eigenvalue weighted by Gasteiger charge is -2.22. The minimum Gasteiger partial charge on any atom is -0.395 e. The molecule has 0 spiro atoms. The van der Waals surface area contributed by atoms with E-state index < -0.39 is 4.92 Å². The molecule has 2 amide bonds. The van der Waals surface area contributed by atoms with E-state index in [-0.39, 0.29) is 24.9 Å². The fourth-order valence-corrected chi connectivity index (χ4v) is 2.05. The smallest absolute Gasteiger partial charge is 0.322 e. The predicted molar refractivity (Wildman–Crippen MR) is 86.1 cm³/mol. The van der Waals surface area contributed by atoms with Gasteiger partial charge in [0.15, 0.2) is 0 Å². The van der Waals surface area contributed by atoms with Crippen molar-refractivity contribution in [3.05, 3.63) is 70.3 Å². The molecule has 0 aliphatic carbocycles. The highest BCUT2D eigenvalue weighted by Gasteiger charge is 2.14. The van der Waals surface area contributed by atoms with Crippen molar-refractivity contribution < 1.29 is 14.8 Å². The van der Waals surface area contributed by atoms with Crippen molar-refractivity contribution in [3.63, 3.8) is 0 Å². The van der Waals surface area contributed by atoms with Crippen molar-refractivity contribution in [1.82, 2.24) is 4.90 Å². The quantitative estimate of drug-likeness (QED) is 0.632. The Morgan fingerprint density at radius 3 is 2.35 bits per heavy atom. The molecule has 2 rings (SSSR count). The molecule has 0 saturated carbocycles. The zero-order valence-electron chi connectivity index (χ0n) is 12.4. The largest absolute Gasteiger partial charge is 0.395 e. The maximum atomic E-state index is 12.3. The molecular weight excluding hydrogens is 298 g/mol. The molecule has 0 bridgehead atoms. The number of carbonyl (C=O) groups is 1. The fraction of sp³-hybridized carbons (Fsp3) is 0.188. The number of anilines is 1. The van der Waals surface area contributed by atoms with Gasteiger partial charge in [0.25, 0.3) is 5.69 Å². The monoisotopic (exact) mass is 315 g/mol. The van der Waals surface area contributed by atoms with E-state index >= 15 is 0 Å². The summed E-state index contributed by atoms with van der Waals surface area (Å²) in [6.07, 6.45) is 0. The van der Waals surface area contributed by atoms with Crippen LogP contribution in [0.3, 0.4) is 0 Å². The molecule has 0 atom stereocenters. The number of aliphatic hydroxyl groups excluding tert-OH is 1. The summed E-state index contributed by atoms with van der Waals surface area (Å²) < 4.78 is 0. The molecular formula is C16H17N3O4.